The van der Waals surface area contributed by atoms with Crippen LogP contribution in [0, 0.1) is 31.9 Å². The lowest BCUT2D eigenvalue weighted by Gasteiger charge is -2.35. The number of non-ortho nitro benzene ring substituents is 2. The number of nitrogens with one attached hydrogen (secondary N) is 2. The molecule has 0 aliphatic carbocycles. The van der Waals surface area contributed by atoms with E-state index in [0.29, 0.717) is 0 Å². The molecule has 3 rings (SSSR count). The fourth-order valence-electron chi connectivity index (χ4n) is 2.74. The van der Waals surface area contributed by atoms with Gasteiger partial charge in [0.15, 0.2) is 0 Å². The minimum Gasteiger partial charge on any atom is -0.303 e. The lowest BCUT2D eigenvalue weighted by Crippen LogP contribution is -2.54. The number of anilines is 2. The van der Waals surface area contributed by atoms with Crippen LogP contribution in [0.4, 0.5) is 41.1 Å². The van der Waals surface area contributed by atoms with Gasteiger partial charge in [-0.1, -0.05) is 12.2 Å². The van der Waals surface area contributed by atoms with Crippen LogP contribution in [0.2, 0.25) is 0 Å². The van der Waals surface area contributed by atoms with Gasteiger partial charge in [0.05, 0.1) is 34.3 Å². The first kappa shape index (κ1) is 22.1. The molecular weight excluding hydrogens is 434 g/mol. The monoisotopic (exact) mass is 448 g/mol. The Morgan fingerprint density at radius 1 is 0.781 bits per heavy atom. The standard InChI is InChI=1S/C18H14F2N6O6/c19-13-5-3-11(25(29)30)9-15(13)21-17(27)23-7-1-2-8-24(23)18(28)22-16-10-12(26(31)32)4-6-14(16)20/h1-6,9-10H,7-8H2,(H,21,27)(H,22,28). The summed E-state index contributed by atoms with van der Waals surface area (Å²) in [7, 11) is 0. The maximum atomic E-state index is 14.0. The predicted molar refractivity (Wildman–Crippen MR) is 107 cm³/mol. The summed E-state index contributed by atoms with van der Waals surface area (Å²) in [4.78, 5) is 45.5. The van der Waals surface area contributed by atoms with Crippen LogP contribution in [0.3, 0.4) is 0 Å². The summed E-state index contributed by atoms with van der Waals surface area (Å²) in [6.07, 6.45) is 3.06. The van der Waals surface area contributed by atoms with Crippen molar-refractivity contribution in [3.05, 3.63) is 80.4 Å². The van der Waals surface area contributed by atoms with E-state index in [9.17, 15) is 38.6 Å². The van der Waals surface area contributed by atoms with Crippen molar-refractivity contribution in [2.75, 3.05) is 23.7 Å². The van der Waals surface area contributed by atoms with Crippen molar-refractivity contribution in [1.82, 2.24) is 10.0 Å². The predicted octanol–water partition coefficient (Wildman–Crippen LogP) is 3.63. The summed E-state index contributed by atoms with van der Waals surface area (Å²) in [5.74, 6) is -1.88. The first-order chi connectivity index (χ1) is 15.2. The maximum Gasteiger partial charge on any atom is 0.341 e. The molecular formula is C18H14F2N6O6. The molecule has 32 heavy (non-hydrogen) atoms. The number of halogens is 2. The van der Waals surface area contributed by atoms with Crippen LogP contribution in [0.15, 0.2) is 48.6 Å². The largest absolute Gasteiger partial charge is 0.341 e. The van der Waals surface area contributed by atoms with Gasteiger partial charge in [-0.2, -0.15) is 0 Å². The minimum absolute atomic E-state index is 0.132. The Kier molecular flexibility index (Phi) is 6.23. The van der Waals surface area contributed by atoms with Crippen molar-refractivity contribution in [2.24, 2.45) is 0 Å². The van der Waals surface area contributed by atoms with E-state index in [1.165, 1.54) is 12.2 Å². The molecule has 0 aromatic heterocycles. The summed E-state index contributed by atoms with van der Waals surface area (Å²) >= 11 is 0. The highest BCUT2D eigenvalue weighted by atomic mass is 19.1. The van der Waals surface area contributed by atoms with Crippen molar-refractivity contribution in [2.45, 2.75) is 0 Å². The number of urea groups is 2. The number of benzene rings is 2. The second kappa shape index (κ2) is 9.03. The fraction of sp³-hybridized carbons (Fsp3) is 0.111. The lowest BCUT2D eigenvalue weighted by atomic mass is 10.2. The Bertz CT molecular complexity index is 1050. The van der Waals surface area contributed by atoms with E-state index in [0.717, 1.165) is 46.4 Å². The number of nitro groups is 2. The van der Waals surface area contributed by atoms with Crippen LogP contribution in [-0.2, 0) is 0 Å². The van der Waals surface area contributed by atoms with Gasteiger partial charge in [-0.05, 0) is 12.1 Å². The molecule has 4 amide bonds. The van der Waals surface area contributed by atoms with Gasteiger partial charge in [-0.15, -0.1) is 0 Å². The highest BCUT2D eigenvalue weighted by Gasteiger charge is 2.28. The van der Waals surface area contributed by atoms with Crippen molar-refractivity contribution >= 4 is 34.8 Å². The Balaban J connectivity index is 1.80. The number of rotatable bonds is 4. The smallest absolute Gasteiger partial charge is 0.303 e. The Morgan fingerprint density at radius 3 is 1.50 bits per heavy atom. The summed E-state index contributed by atoms with van der Waals surface area (Å²) in [5.41, 5.74) is -1.89. The van der Waals surface area contributed by atoms with Gasteiger partial charge >= 0.3 is 12.1 Å². The minimum atomic E-state index is -0.997. The second-order valence-electron chi connectivity index (χ2n) is 6.34. The molecule has 0 atom stereocenters. The average Bonchev–Trinajstić information content (AvgIpc) is 2.76. The number of hydrogen-bond donors (Lipinski definition) is 2. The van der Waals surface area contributed by atoms with Crippen molar-refractivity contribution in [3.63, 3.8) is 0 Å². The Hall–Kier alpha value is -4.62. The highest BCUT2D eigenvalue weighted by Crippen LogP contribution is 2.24. The maximum absolute atomic E-state index is 14.0. The van der Waals surface area contributed by atoms with Crippen LogP contribution in [0.25, 0.3) is 0 Å². The van der Waals surface area contributed by atoms with Gasteiger partial charge < -0.3 is 10.6 Å². The summed E-state index contributed by atoms with van der Waals surface area (Å²) in [6.45, 7) is -0.263. The zero-order valence-corrected chi connectivity index (χ0v) is 16.0. The van der Waals surface area contributed by atoms with E-state index < -0.39 is 56.3 Å². The molecule has 2 N–H and O–H groups in total. The zero-order valence-electron chi connectivity index (χ0n) is 16.0. The van der Waals surface area contributed by atoms with Crippen molar-refractivity contribution < 1.29 is 28.2 Å². The van der Waals surface area contributed by atoms with Crippen LogP contribution in [0.5, 0.6) is 0 Å². The summed E-state index contributed by atoms with van der Waals surface area (Å²) < 4.78 is 28.0. The van der Waals surface area contributed by atoms with E-state index >= 15 is 0 Å². The van der Waals surface area contributed by atoms with Crippen LogP contribution >= 0.6 is 0 Å². The molecule has 0 fully saturated rings. The lowest BCUT2D eigenvalue weighted by molar-refractivity contribution is -0.385. The Labute approximate surface area is 178 Å². The van der Waals surface area contributed by atoms with E-state index in [1.807, 2.05) is 0 Å². The van der Waals surface area contributed by atoms with Crippen molar-refractivity contribution in [1.29, 1.82) is 0 Å². The normalized spacial score (nSPS) is 12.9. The van der Waals surface area contributed by atoms with Gasteiger partial charge in [0.25, 0.3) is 11.4 Å². The Morgan fingerprint density at radius 2 is 1.16 bits per heavy atom. The molecule has 1 heterocycles. The van der Waals surface area contributed by atoms with Crippen LogP contribution < -0.4 is 10.6 Å². The molecule has 1 aliphatic heterocycles. The molecule has 0 unspecified atom stereocenters. The summed E-state index contributed by atoms with van der Waals surface area (Å²) in [5, 5.41) is 27.8. The fourth-order valence-corrected chi connectivity index (χ4v) is 2.74. The second-order valence-corrected chi connectivity index (χ2v) is 6.34. The van der Waals surface area contributed by atoms with Crippen molar-refractivity contribution in [3.8, 4) is 0 Å². The van der Waals surface area contributed by atoms with Gasteiger partial charge in [0.2, 0.25) is 0 Å². The number of amides is 4. The van der Waals surface area contributed by atoms with Crippen LogP contribution in [0.1, 0.15) is 0 Å². The molecule has 2 aromatic carbocycles. The number of carbonyl (C=O) groups excluding carboxylic acids is 2. The molecule has 12 nitrogen and oxygen atoms in total. The molecule has 0 bridgehead atoms. The number of hydrogen-bond acceptors (Lipinski definition) is 6. The highest BCUT2D eigenvalue weighted by molar-refractivity contribution is 5.95. The van der Waals surface area contributed by atoms with Crippen LogP contribution in [-0.4, -0.2) is 45.0 Å². The van der Waals surface area contributed by atoms with Gasteiger partial charge in [-0.25, -0.2) is 28.4 Å². The number of nitro benzene ring substituents is 2. The first-order valence-electron chi connectivity index (χ1n) is 8.87. The van der Waals surface area contributed by atoms with E-state index in [2.05, 4.69) is 10.6 Å². The number of carbonyl (C=O) groups is 2. The first-order valence-corrected chi connectivity index (χ1v) is 8.87. The molecule has 0 saturated carbocycles. The van der Waals surface area contributed by atoms with E-state index in [4.69, 9.17) is 0 Å². The molecule has 2 aromatic rings. The number of nitrogens with zero attached hydrogens (tertiary/aromatic N) is 4. The third-order valence-corrected chi connectivity index (χ3v) is 4.29. The third-order valence-electron chi connectivity index (χ3n) is 4.29. The average molecular weight is 448 g/mol. The van der Waals surface area contributed by atoms with E-state index in [1.54, 1.807) is 0 Å². The summed E-state index contributed by atoms with van der Waals surface area (Å²) in [6, 6.07) is 3.08. The van der Waals surface area contributed by atoms with Gasteiger partial charge in [0.1, 0.15) is 11.6 Å². The molecule has 14 heteroatoms. The molecule has 0 spiro atoms. The molecule has 0 saturated heterocycles. The van der Waals surface area contributed by atoms with E-state index in [-0.39, 0.29) is 13.1 Å². The topological polar surface area (TPSA) is 151 Å². The third kappa shape index (κ3) is 4.75. The van der Waals surface area contributed by atoms with Gasteiger partial charge in [-0.3, -0.25) is 20.2 Å². The molecule has 166 valence electrons. The van der Waals surface area contributed by atoms with Gasteiger partial charge in [0, 0.05) is 24.3 Å². The SMILES string of the molecule is O=C(Nc1cc([N+](=O)[O-])ccc1F)N1CC=CCN1C(=O)Nc1cc([N+](=O)[O-])ccc1F. The molecule has 1 aliphatic rings. The molecule has 0 radical (unpaired) electrons. The zero-order chi connectivity index (χ0) is 23.4. The number of hydrazine groups is 1. The quantitative estimate of drug-likeness (QED) is 0.414.